The number of amides is 4. The first-order chi connectivity index (χ1) is 20.7. The van der Waals surface area contributed by atoms with E-state index in [2.05, 4.69) is 10.3 Å². The molecular formula is C33H32ClN5O4. The molecular weight excluding hydrogens is 566 g/mol. The summed E-state index contributed by atoms with van der Waals surface area (Å²) in [6.07, 6.45) is 3.57. The Kier molecular flexibility index (Phi) is 9.01. The Balaban J connectivity index is 1.48. The first-order valence-electron chi connectivity index (χ1n) is 14.1. The number of primary amides is 1. The lowest BCUT2D eigenvalue weighted by molar-refractivity contribution is -0.148. The number of rotatable bonds is 8. The van der Waals surface area contributed by atoms with Gasteiger partial charge < -0.3 is 20.9 Å². The summed E-state index contributed by atoms with van der Waals surface area (Å²) in [6.45, 7) is 1.72. The Bertz CT molecular complexity index is 1660. The molecule has 3 aromatic carbocycles. The number of hydrogen-bond donors (Lipinski definition) is 2. The van der Waals surface area contributed by atoms with Crippen LogP contribution in [-0.4, -0.2) is 63.6 Å². The second kappa shape index (κ2) is 13.0. The van der Waals surface area contributed by atoms with Crippen molar-refractivity contribution in [1.82, 2.24) is 20.1 Å². The fourth-order valence-corrected chi connectivity index (χ4v) is 5.87. The quantitative estimate of drug-likeness (QED) is 0.319. The van der Waals surface area contributed by atoms with Crippen LogP contribution < -0.4 is 11.1 Å². The van der Waals surface area contributed by atoms with Crippen LogP contribution in [0.5, 0.6) is 0 Å². The van der Waals surface area contributed by atoms with Gasteiger partial charge in [0.15, 0.2) is 0 Å². The third-order valence-corrected chi connectivity index (χ3v) is 8.07. The van der Waals surface area contributed by atoms with Crippen molar-refractivity contribution in [2.24, 2.45) is 5.73 Å². The fraction of sp³-hybridized carbons (Fsp3) is 0.242. The van der Waals surface area contributed by atoms with Gasteiger partial charge in [0, 0.05) is 36.4 Å². The maximum atomic E-state index is 14.5. The smallest absolute Gasteiger partial charge is 0.253 e. The molecule has 1 aliphatic heterocycles. The predicted molar refractivity (Wildman–Crippen MR) is 164 cm³/mol. The molecule has 9 nitrogen and oxygen atoms in total. The molecule has 1 saturated heterocycles. The minimum atomic E-state index is -1.09. The minimum Gasteiger partial charge on any atom is -0.368 e. The number of carbonyl (C=O) groups excluding carboxylic acids is 4. The molecule has 220 valence electrons. The number of nitrogens with one attached hydrogen (secondary N) is 1. The molecule has 1 aromatic heterocycles. The third kappa shape index (κ3) is 6.52. The lowest BCUT2D eigenvalue weighted by Gasteiger charge is -2.36. The molecule has 2 heterocycles. The van der Waals surface area contributed by atoms with E-state index < -0.39 is 41.8 Å². The van der Waals surface area contributed by atoms with E-state index in [1.165, 1.54) is 16.0 Å². The Morgan fingerprint density at radius 1 is 1.05 bits per heavy atom. The van der Waals surface area contributed by atoms with E-state index in [1.807, 2.05) is 49.4 Å². The molecule has 0 bridgehead atoms. The average molecular weight is 598 g/mol. The van der Waals surface area contributed by atoms with Crippen LogP contribution in [0, 0.1) is 0 Å². The number of carbonyl (C=O) groups is 4. The number of nitrogens with zero attached hydrogens (tertiary/aromatic N) is 3. The molecule has 43 heavy (non-hydrogen) atoms. The van der Waals surface area contributed by atoms with Crippen LogP contribution >= 0.6 is 11.6 Å². The highest BCUT2D eigenvalue weighted by molar-refractivity contribution is 6.30. The van der Waals surface area contributed by atoms with Crippen molar-refractivity contribution in [2.75, 3.05) is 13.1 Å². The van der Waals surface area contributed by atoms with Gasteiger partial charge in [0.1, 0.15) is 12.1 Å². The highest BCUT2D eigenvalue weighted by Gasteiger charge is 2.43. The van der Waals surface area contributed by atoms with E-state index in [4.69, 9.17) is 17.3 Å². The van der Waals surface area contributed by atoms with Crippen molar-refractivity contribution >= 4 is 46.0 Å². The van der Waals surface area contributed by atoms with Crippen molar-refractivity contribution in [1.29, 1.82) is 0 Å². The van der Waals surface area contributed by atoms with Gasteiger partial charge in [-0.25, -0.2) is 0 Å². The lowest BCUT2D eigenvalue weighted by Crippen LogP contribution is -2.53. The number of benzene rings is 3. The Morgan fingerprint density at radius 3 is 2.56 bits per heavy atom. The second-order valence-corrected chi connectivity index (χ2v) is 11.0. The molecule has 4 amide bonds. The molecule has 1 fully saturated rings. The van der Waals surface area contributed by atoms with E-state index in [0.717, 1.165) is 16.3 Å². The number of halogens is 1. The third-order valence-electron chi connectivity index (χ3n) is 7.83. The molecule has 3 N–H and O–H groups in total. The van der Waals surface area contributed by atoms with Crippen molar-refractivity contribution in [3.63, 3.8) is 0 Å². The van der Waals surface area contributed by atoms with Crippen molar-refractivity contribution in [3.05, 3.63) is 113 Å². The standard InChI is InChI=1S/C33H32ClN5O4/c1-21-14-16-38(28(31(35)41)18-23-9-4-8-22-7-2-3-13-27(22)23)33(43)30(24-10-5-12-26(34)17-24)39(21)29(40)20-37-32(42)25-11-6-15-36-19-25/h2-13,15,17,19,21,28,30H,14,16,18,20H2,1H3,(H2,35,41)(H,37,42)/t21-,28-,30+/m1/s1. The van der Waals surface area contributed by atoms with E-state index in [9.17, 15) is 19.2 Å². The molecule has 0 aliphatic carbocycles. The second-order valence-electron chi connectivity index (χ2n) is 10.6. The zero-order valence-corrected chi connectivity index (χ0v) is 24.4. The lowest BCUT2D eigenvalue weighted by atomic mass is 9.96. The average Bonchev–Trinajstić information content (AvgIpc) is 3.14. The van der Waals surface area contributed by atoms with Gasteiger partial charge in [-0.1, -0.05) is 66.2 Å². The predicted octanol–water partition coefficient (Wildman–Crippen LogP) is 3.91. The highest BCUT2D eigenvalue weighted by atomic mass is 35.5. The fourth-order valence-electron chi connectivity index (χ4n) is 5.67. The first kappa shape index (κ1) is 29.7. The van der Waals surface area contributed by atoms with Crippen LogP contribution in [-0.2, 0) is 20.8 Å². The maximum absolute atomic E-state index is 14.5. The normalized spacial score (nSPS) is 17.8. The summed E-state index contributed by atoms with van der Waals surface area (Å²) in [5, 5.41) is 5.02. The van der Waals surface area contributed by atoms with Crippen LogP contribution in [0.25, 0.3) is 10.8 Å². The topological polar surface area (TPSA) is 126 Å². The molecule has 10 heteroatoms. The summed E-state index contributed by atoms with van der Waals surface area (Å²) >= 11 is 6.33. The van der Waals surface area contributed by atoms with Gasteiger partial charge in [-0.3, -0.25) is 24.2 Å². The molecule has 0 radical (unpaired) electrons. The van der Waals surface area contributed by atoms with E-state index in [-0.39, 0.29) is 19.5 Å². The Labute approximate surface area is 254 Å². The molecule has 0 saturated carbocycles. The van der Waals surface area contributed by atoms with E-state index >= 15 is 0 Å². The van der Waals surface area contributed by atoms with E-state index in [0.29, 0.717) is 22.6 Å². The SMILES string of the molecule is C[C@@H]1CCN([C@H](Cc2cccc3ccccc23)C(N)=O)C(=O)[C@H](c2cccc(Cl)c2)N1C(=O)CNC(=O)c1cccnc1. The molecule has 4 aromatic rings. The number of fused-ring (bicyclic) bond motifs is 1. The zero-order chi connectivity index (χ0) is 30.5. The van der Waals surface area contributed by atoms with Gasteiger partial charge in [-0.15, -0.1) is 0 Å². The maximum Gasteiger partial charge on any atom is 0.253 e. The van der Waals surface area contributed by atoms with Crippen LogP contribution in [0.1, 0.15) is 40.9 Å². The number of hydrogen-bond acceptors (Lipinski definition) is 5. The van der Waals surface area contributed by atoms with Crippen molar-refractivity contribution in [3.8, 4) is 0 Å². The van der Waals surface area contributed by atoms with Crippen LogP contribution in [0.3, 0.4) is 0 Å². The van der Waals surface area contributed by atoms with Gasteiger partial charge >= 0.3 is 0 Å². The summed E-state index contributed by atoms with van der Waals surface area (Å²) in [4.78, 5) is 60.8. The van der Waals surface area contributed by atoms with Crippen molar-refractivity contribution < 1.29 is 19.2 Å². The van der Waals surface area contributed by atoms with Gasteiger partial charge in [0.2, 0.25) is 11.8 Å². The summed E-state index contributed by atoms with van der Waals surface area (Å²) in [5.74, 6) is -1.99. The van der Waals surface area contributed by atoms with E-state index in [1.54, 1.807) is 42.6 Å². The molecule has 1 aliphatic rings. The van der Waals surface area contributed by atoms with Gasteiger partial charge in [0.05, 0.1) is 12.1 Å². The van der Waals surface area contributed by atoms with Crippen molar-refractivity contribution in [2.45, 2.75) is 37.9 Å². The Hall–Kier alpha value is -4.76. The summed E-state index contributed by atoms with van der Waals surface area (Å²) in [5.41, 5.74) is 7.65. The number of pyridine rings is 1. The minimum absolute atomic E-state index is 0.210. The molecule has 0 spiro atoms. The number of nitrogens with two attached hydrogens (primary N) is 1. The Morgan fingerprint density at radius 2 is 1.81 bits per heavy atom. The highest BCUT2D eigenvalue weighted by Crippen LogP contribution is 2.33. The van der Waals surface area contributed by atoms with Crippen LogP contribution in [0.2, 0.25) is 5.02 Å². The largest absolute Gasteiger partial charge is 0.368 e. The molecule has 3 atom stereocenters. The summed E-state index contributed by atoms with van der Waals surface area (Å²) in [7, 11) is 0. The van der Waals surface area contributed by atoms with Gasteiger partial charge in [-0.2, -0.15) is 0 Å². The van der Waals surface area contributed by atoms with Gasteiger partial charge in [-0.05, 0) is 59.5 Å². The first-order valence-corrected chi connectivity index (χ1v) is 14.4. The molecule has 0 unspecified atom stereocenters. The number of aromatic nitrogens is 1. The van der Waals surface area contributed by atoms with Crippen LogP contribution in [0.15, 0.2) is 91.3 Å². The molecule has 5 rings (SSSR count). The summed E-state index contributed by atoms with van der Waals surface area (Å²) < 4.78 is 0. The zero-order valence-electron chi connectivity index (χ0n) is 23.7. The van der Waals surface area contributed by atoms with Gasteiger partial charge in [0.25, 0.3) is 11.8 Å². The monoisotopic (exact) mass is 597 g/mol. The van der Waals surface area contributed by atoms with Crippen LogP contribution in [0.4, 0.5) is 0 Å². The summed E-state index contributed by atoms with van der Waals surface area (Å²) in [6, 6.07) is 21.2.